The molecule has 0 unspecified atom stereocenters. The number of nitrogens with one attached hydrogen (secondary N) is 1. The minimum Gasteiger partial charge on any atom is -0.468 e. The van der Waals surface area contributed by atoms with Crippen molar-refractivity contribution in [2.45, 2.75) is 79.2 Å². The molecular formula is C28H43NO9. The van der Waals surface area contributed by atoms with Crippen LogP contribution in [-0.2, 0) is 35.0 Å². The molecule has 1 aromatic rings. The number of methoxy groups -OCH3 is 1. The Labute approximate surface area is 225 Å². The lowest BCUT2D eigenvalue weighted by atomic mass is 10.0. The second-order valence-corrected chi connectivity index (χ2v) is 9.81. The number of ether oxygens (including phenoxy) is 5. The number of unbranched alkanes of at least 4 members (excludes halogenated alkanes) is 2. The maximum Gasteiger partial charge on any atom is 0.508 e. The first-order valence-electron chi connectivity index (χ1n) is 13.2. The fraction of sp³-hybridized carbons (Fsp3) is 0.643. The number of esters is 3. The average Bonchev–Trinajstić information content (AvgIpc) is 2.83. The van der Waals surface area contributed by atoms with E-state index in [0.29, 0.717) is 12.2 Å². The minimum absolute atomic E-state index is 0.00289. The van der Waals surface area contributed by atoms with Gasteiger partial charge >= 0.3 is 24.1 Å². The van der Waals surface area contributed by atoms with E-state index in [2.05, 4.69) is 12.2 Å². The molecule has 38 heavy (non-hydrogen) atoms. The van der Waals surface area contributed by atoms with E-state index >= 15 is 0 Å². The molecule has 1 N–H and O–H groups in total. The second-order valence-electron chi connectivity index (χ2n) is 9.81. The third kappa shape index (κ3) is 14.0. The molecule has 10 nitrogen and oxygen atoms in total. The van der Waals surface area contributed by atoms with Gasteiger partial charge in [-0.25, -0.2) is 4.79 Å². The summed E-state index contributed by atoms with van der Waals surface area (Å²) in [5.41, 5.74) is 0.639. The quantitative estimate of drug-likeness (QED) is 0.171. The summed E-state index contributed by atoms with van der Waals surface area (Å²) >= 11 is 0. The third-order valence-electron chi connectivity index (χ3n) is 5.21. The van der Waals surface area contributed by atoms with E-state index in [-0.39, 0.29) is 55.7 Å². The molecule has 0 radical (unpaired) electrons. The zero-order chi connectivity index (χ0) is 28.5. The van der Waals surface area contributed by atoms with Gasteiger partial charge in [0, 0.05) is 19.4 Å². The van der Waals surface area contributed by atoms with Gasteiger partial charge in [0.15, 0.2) is 11.5 Å². The van der Waals surface area contributed by atoms with Crippen molar-refractivity contribution < 1.29 is 42.9 Å². The number of rotatable bonds is 17. The lowest BCUT2D eigenvalue weighted by Gasteiger charge is -2.18. The van der Waals surface area contributed by atoms with Crippen molar-refractivity contribution in [1.29, 1.82) is 0 Å². The first kappa shape index (κ1) is 32.9. The summed E-state index contributed by atoms with van der Waals surface area (Å²) in [5, 5.41) is 3.01. The first-order valence-corrected chi connectivity index (χ1v) is 13.2. The molecule has 0 spiro atoms. The summed E-state index contributed by atoms with van der Waals surface area (Å²) in [6, 6.07) is 4.02. The topological polar surface area (TPSA) is 126 Å². The average molecular weight is 538 g/mol. The Kier molecular flexibility index (Phi) is 15.7. The molecule has 0 aliphatic heterocycles. The van der Waals surface area contributed by atoms with E-state index < -0.39 is 30.1 Å². The van der Waals surface area contributed by atoms with Crippen LogP contribution < -0.4 is 14.8 Å². The van der Waals surface area contributed by atoms with E-state index in [0.717, 1.165) is 19.3 Å². The molecule has 0 saturated heterocycles. The van der Waals surface area contributed by atoms with Crippen LogP contribution in [0.1, 0.15) is 72.3 Å². The van der Waals surface area contributed by atoms with E-state index in [1.54, 1.807) is 12.1 Å². The van der Waals surface area contributed by atoms with Crippen molar-refractivity contribution in [3.8, 4) is 11.5 Å². The summed E-state index contributed by atoms with van der Waals surface area (Å²) in [6.45, 7) is 10.1. The predicted molar refractivity (Wildman–Crippen MR) is 141 cm³/mol. The van der Waals surface area contributed by atoms with E-state index in [1.165, 1.54) is 13.2 Å². The van der Waals surface area contributed by atoms with Gasteiger partial charge in [-0.15, -0.1) is 0 Å². The smallest absolute Gasteiger partial charge is 0.468 e. The van der Waals surface area contributed by atoms with Crippen molar-refractivity contribution in [1.82, 2.24) is 5.32 Å². The molecule has 0 saturated carbocycles. The first-order chi connectivity index (χ1) is 18.0. The fourth-order valence-corrected chi connectivity index (χ4v) is 3.37. The monoisotopic (exact) mass is 537 g/mol. The number of benzene rings is 1. The molecule has 214 valence electrons. The lowest BCUT2D eigenvalue weighted by molar-refractivity contribution is -0.143. The number of carbonyl (C=O) groups excluding carboxylic acids is 4. The predicted octanol–water partition coefficient (Wildman–Crippen LogP) is 4.61. The van der Waals surface area contributed by atoms with Gasteiger partial charge < -0.3 is 29.0 Å². The molecule has 10 heteroatoms. The molecule has 0 aliphatic carbocycles. The van der Waals surface area contributed by atoms with Crippen LogP contribution in [0.4, 0.5) is 4.79 Å². The van der Waals surface area contributed by atoms with Crippen LogP contribution in [0.5, 0.6) is 11.5 Å². The largest absolute Gasteiger partial charge is 0.508 e. The number of hydrogen-bond acceptors (Lipinski definition) is 10. The Bertz CT molecular complexity index is 898. The van der Waals surface area contributed by atoms with Crippen molar-refractivity contribution in [2.75, 3.05) is 26.9 Å². The molecule has 0 bridgehead atoms. The Morgan fingerprint density at radius 1 is 0.842 bits per heavy atom. The van der Waals surface area contributed by atoms with E-state index in [1.807, 2.05) is 27.7 Å². The van der Waals surface area contributed by atoms with Gasteiger partial charge in [-0.1, -0.05) is 53.5 Å². The van der Waals surface area contributed by atoms with Gasteiger partial charge in [-0.3, -0.25) is 14.4 Å². The zero-order valence-corrected chi connectivity index (χ0v) is 23.5. The highest BCUT2D eigenvalue weighted by atomic mass is 16.7. The Morgan fingerprint density at radius 3 is 2.03 bits per heavy atom. The van der Waals surface area contributed by atoms with Gasteiger partial charge in [0.2, 0.25) is 0 Å². The van der Waals surface area contributed by atoms with Gasteiger partial charge in [-0.05, 0) is 42.4 Å². The molecule has 0 aromatic heterocycles. The summed E-state index contributed by atoms with van der Waals surface area (Å²) in [5.74, 6) is -0.994. The van der Waals surface area contributed by atoms with Crippen LogP contribution in [0.15, 0.2) is 18.2 Å². The third-order valence-corrected chi connectivity index (χ3v) is 5.21. The minimum atomic E-state index is -0.766. The molecular weight excluding hydrogens is 494 g/mol. The highest BCUT2D eigenvalue weighted by molar-refractivity contribution is 5.77. The molecule has 1 atom stereocenters. The maximum atomic E-state index is 12.4. The van der Waals surface area contributed by atoms with E-state index in [9.17, 15) is 19.2 Å². The second kappa shape index (κ2) is 18.2. The molecule has 0 amide bonds. The normalized spacial score (nSPS) is 11.7. The van der Waals surface area contributed by atoms with Crippen LogP contribution in [0.25, 0.3) is 0 Å². The van der Waals surface area contributed by atoms with Crippen LogP contribution >= 0.6 is 0 Å². The zero-order valence-electron chi connectivity index (χ0n) is 23.5. The van der Waals surface area contributed by atoms with E-state index in [4.69, 9.17) is 23.7 Å². The highest BCUT2D eigenvalue weighted by Gasteiger charge is 2.22. The van der Waals surface area contributed by atoms with Gasteiger partial charge in [0.05, 0.1) is 13.7 Å². The summed E-state index contributed by atoms with van der Waals surface area (Å²) in [6.07, 6.45) is 2.59. The Morgan fingerprint density at radius 2 is 1.45 bits per heavy atom. The van der Waals surface area contributed by atoms with Crippen molar-refractivity contribution in [3.63, 3.8) is 0 Å². The van der Waals surface area contributed by atoms with Gasteiger partial charge in [-0.2, -0.15) is 0 Å². The molecule has 1 aromatic carbocycles. The standard InChI is InChI=1S/C28H43NO9/c1-7-8-9-13-35-28(33)36-14-12-29-22(27(32)34-6)17-21-10-11-23(37-25(30)15-19(2)3)24(18-21)38-26(31)16-20(4)5/h10-11,18-20,22,29H,7-9,12-17H2,1-6H3/t22-/m0/s1. The molecule has 0 fully saturated rings. The molecule has 0 heterocycles. The number of carbonyl (C=O) groups is 4. The SMILES string of the molecule is CCCCCOC(=O)OCCN[C@@H](Cc1ccc(OC(=O)CC(C)C)c(OC(=O)CC(C)C)c1)C(=O)OC. The van der Waals surface area contributed by atoms with Crippen LogP contribution in [0.2, 0.25) is 0 Å². The van der Waals surface area contributed by atoms with Gasteiger partial charge in [0.25, 0.3) is 0 Å². The lowest BCUT2D eigenvalue weighted by Crippen LogP contribution is -2.41. The Balaban J connectivity index is 2.88. The van der Waals surface area contributed by atoms with Crippen molar-refractivity contribution >= 4 is 24.1 Å². The summed E-state index contributed by atoms with van der Waals surface area (Å²) in [4.78, 5) is 48.6. The summed E-state index contributed by atoms with van der Waals surface area (Å²) in [7, 11) is 1.28. The fourth-order valence-electron chi connectivity index (χ4n) is 3.37. The summed E-state index contributed by atoms with van der Waals surface area (Å²) < 4.78 is 25.9. The van der Waals surface area contributed by atoms with Crippen LogP contribution in [0.3, 0.4) is 0 Å². The Hall–Kier alpha value is -3.14. The highest BCUT2D eigenvalue weighted by Crippen LogP contribution is 2.30. The molecule has 0 aliphatic rings. The maximum absolute atomic E-state index is 12.4. The number of hydrogen-bond donors (Lipinski definition) is 1. The molecule has 1 rings (SSSR count). The van der Waals surface area contributed by atoms with Gasteiger partial charge in [0.1, 0.15) is 12.6 Å². The van der Waals surface area contributed by atoms with Crippen LogP contribution in [-0.4, -0.2) is 57.0 Å². The van der Waals surface area contributed by atoms with Crippen molar-refractivity contribution in [3.05, 3.63) is 23.8 Å². The van der Waals surface area contributed by atoms with Crippen molar-refractivity contribution in [2.24, 2.45) is 11.8 Å². The van der Waals surface area contributed by atoms with Crippen LogP contribution in [0, 0.1) is 11.8 Å².